The molecule has 0 spiro atoms. The number of nitrogens with one attached hydrogen (secondary N) is 1. The summed E-state index contributed by atoms with van der Waals surface area (Å²) < 4.78 is 34.6. The molecule has 0 aliphatic heterocycles. The van der Waals surface area contributed by atoms with Crippen molar-refractivity contribution < 1.29 is 27.4 Å². The van der Waals surface area contributed by atoms with Crippen molar-refractivity contribution in [3.8, 4) is 0 Å². The topological polar surface area (TPSA) is 119 Å². The zero-order valence-electron chi connectivity index (χ0n) is 16.5. The molecular formula is C18H40NO6S-. The van der Waals surface area contributed by atoms with Gasteiger partial charge in [-0.25, -0.2) is 8.42 Å². The van der Waals surface area contributed by atoms with E-state index in [-0.39, 0.29) is 19.8 Å². The SMILES string of the molecule is CCCCCCCCCCCCCCOS(=O)(=O)[O-].OCCNCCO. The van der Waals surface area contributed by atoms with Crippen LogP contribution in [0.5, 0.6) is 0 Å². The second kappa shape index (κ2) is 22.8. The van der Waals surface area contributed by atoms with E-state index >= 15 is 0 Å². The Morgan fingerprint density at radius 1 is 0.769 bits per heavy atom. The third kappa shape index (κ3) is 31.5. The maximum Gasteiger partial charge on any atom is 0.217 e. The van der Waals surface area contributed by atoms with Crippen LogP contribution in [-0.4, -0.2) is 56.1 Å². The molecule has 8 heteroatoms. The fourth-order valence-electron chi connectivity index (χ4n) is 2.39. The second-order valence-electron chi connectivity index (χ2n) is 6.32. The number of hydrogen-bond donors (Lipinski definition) is 3. The summed E-state index contributed by atoms with van der Waals surface area (Å²) in [5.74, 6) is 0. The Morgan fingerprint density at radius 3 is 1.50 bits per heavy atom. The monoisotopic (exact) mass is 398 g/mol. The van der Waals surface area contributed by atoms with E-state index in [1.807, 2.05) is 0 Å². The van der Waals surface area contributed by atoms with Gasteiger partial charge in [-0.05, 0) is 6.42 Å². The van der Waals surface area contributed by atoms with E-state index in [4.69, 9.17) is 10.2 Å². The average molecular weight is 399 g/mol. The summed E-state index contributed by atoms with van der Waals surface area (Å²) in [4.78, 5) is 0. The van der Waals surface area contributed by atoms with Gasteiger partial charge in [0, 0.05) is 13.1 Å². The molecule has 0 bridgehead atoms. The van der Waals surface area contributed by atoms with Crippen LogP contribution >= 0.6 is 0 Å². The highest BCUT2D eigenvalue weighted by Gasteiger charge is 1.96. The molecule has 3 N–H and O–H groups in total. The van der Waals surface area contributed by atoms with Crippen molar-refractivity contribution in [1.82, 2.24) is 5.32 Å². The van der Waals surface area contributed by atoms with Gasteiger partial charge in [0.05, 0.1) is 19.8 Å². The fourth-order valence-corrected chi connectivity index (χ4v) is 2.71. The summed E-state index contributed by atoms with van der Waals surface area (Å²) in [6.45, 7) is 3.68. The van der Waals surface area contributed by atoms with Crippen molar-refractivity contribution in [2.45, 2.75) is 84.0 Å². The minimum Gasteiger partial charge on any atom is -0.726 e. The lowest BCUT2D eigenvalue weighted by molar-refractivity contribution is 0.255. The van der Waals surface area contributed by atoms with Gasteiger partial charge in [0.25, 0.3) is 0 Å². The Hall–Kier alpha value is -0.250. The maximum absolute atomic E-state index is 10.2. The highest BCUT2D eigenvalue weighted by molar-refractivity contribution is 7.80. The van der Waals surface area contributed by atoms with Crippen LogP contribution < -0.4 is 5.32 Å². The van der Waals surface area contributed by atoms with Crippen molar-refractivity contribution >= 4 is 10.4 Å². The lowest BCUT2D eigenvalue weighted by atomic mass is 10.1. The highest BCUT2D eigenvalue weighted by Crippen LogP contribution is 2.11. The van der Waals surface area contributed by atoms with Crippen molar-refractivity contribution in [3.05, 3.63) is 0 Å². The quantitative estimate of drug-likeness (QED) is 0.184. The van der Waals surface area contributed by atoms with Crippen LogP contribution in [0.1, 0.15) is 84.0 Å². The predicted octanol–water partition coefficient (Wildman–Crippen LogP) is 2.72. The van der Waals surface area contributed by atoms with Gasteiger partial charge in [-0.2, -0.15) is 0 Å². The first-order chi connectivity index (χ1) is 12.5. The van der Waals surface area contributed by atoms with E-state index in [1.54, 1.807) is 0 Å². The van der Waals surface area contributed by atoms with Gasteiger partial charge in [-0.15, -0.1) is 0 Å². The van der Waals surface area contributed by atoms with Gasteiger partial charge in [0.1, 0.15) is 0 Å². The van der Waals surface area contributed by atoms with Crippen LogP contribution in [0.25, 0.3) is 0 Å². The Kier molecular flexibility index (Phi) is 24.5. The first-order valence-corrected chi connectivity index (χ1v) is 11.3. The summed E-state index contributed by atoms with van der Waals surface area (Å²) in [5, 5.41) is 19.1. The van der Waals surface area contributed by atoms with Gasteiger partial charge >= 0.3 is 0 Å². The number of aliphatic hydroxyl groups is 2. The van der Waals surface area contributed by atoms with Crippen molar-refractivity contribution in [2.75, 3.05) is 32.9 Å². The van der Waals surface area contributed by atoms with Crippen LogP contribution in [-0.2, 0) is 14.6 Å². The van der Waals surface area contributed by atoms with Crippen LogP contribution in [0.2, 0.25) is 0 Å². The molecule has 0 aromatic heterocycles. The number of hydrogen-bond acceptors (Lipinski definition) is 7. The molecule has 0 aliphatic carbocycles. The normalized spacial score (nSPS) is 11.2. The molecule has 0 atom stereocenters. The average Bonchev–Trinajstić information content (AvgIpc) is 2.59. The summed E-state index contributed by atoms with van der Waals surface area (Å²) >= 11 is 0. The minimum absolute atomic E-state index is 0.0310. The first-order valence-electron chi connectivity index (χ1n) is 10.0. The molecule has 0 radical (unpaired) electrons. The molecule has 0 saturated heterocycles. The van der Waals surface area contributed by atoms with Crippen LogP contribution in [0, 0.1) is 0 Å². The minimum atomic E-state index is -4.49. The molecule has 7 nitrogen and oxygen atoms in total. The van der Waals surface area contributed by atoms with Crippen molar-refractivity contribution in [3.63, 3.8) is 0 Å². The van der Waals surface area contributed by atoms with Gasteiger partial charge in [-0.3, -0.25) is 4.18 Å². The molecule has 0 fully saturated rings. The molecule has 0 aromatic rings. The van der Waals surface area contributed by atoms with E-state index in [0.717, 1.165) is 12.8 Å². The zero-order chi connectivity index (χ0) is 19.9. The molecule has 160 valence electrons. The van der Waals surface area contributed by atoms with Gasteiger partial charge in [0.15, 0.2) is 0 Å². The maximum atomic E-state index is 10.2. The van der Waals surface area contributed by atoms with Crippen LogP contribution in [0.4, 0.5) is 0 Å². The highest BCUT2D eigenvalue weighted by atomic mass is 32.3. The Morgan fingerprint density at radius 2 is 1.15 bits per heavy atom. The van der Waals surface area contributed by atoms with E-state index < -0.39 is 10.4 Å². The van der Waals surface area contributed by atoms with Gasteiger partial charge < -0.3 is 20.1 Å². The first kappa shape index (κ1) is 28.0. The molecule has 0 amide bonds. The van der Waals surface area contributed by atoms with Gasteiger partial charge in [-0.1, -0.05) is 77.6 Å². The molecule has 0 rings (SSSR count). The number of unbranched alkanes of at least 4 members (excludes halogenated alkanes) is 11. The third-order valence-corrected chi connectivity index (χ3v) is 4.26. The van der Waals surface area contributed by atoms with Crippen molar-refractivity contribution in [1.29, 1.82) is 0 Å². The summed E-state index contributed by atoms with van der Waals surface area (Å²) in [6.07, 6.45) is 14.5. The molecule has 0 aromatic carbocycles. The summed E-state index contributed by atoms with van der Waals surface area (Å²) in [6, 6.07) is 0. The Bertz CT molecular complexity index is 348. The molecule has 26 heavy (non-hydrogen) atoms. The lowest BCUT2D eigenvalue weighted by Crippen LogP contribution is -2.21. The number of aliphatic hydroxyl groups excluding tert-OH is 2. The van der Waals surface area contributed by atoms with E-state index in [2.05, 4.69) is 16.4 Å². The summed E-state index contributed by atoms with van der Waals surface area (Å²) in [5.41, 5.74) is 0. The van der Waals surface area contributed by atoms with E-state index in [9.17, 15) is 13.0 Å². The van der Waals surface area contributed by atoms with Crippen LogP contribution in [0.15, 0.2) is 0 Å². The molecular weight excluding hydrogens is 358 g/mol. The van der Waals surface area contributed by atoms with E-state index in [0.29, 0.717) is 19.5 Å². The molecule has 0 saturated carbocycles. The lowest BCUT2D eigenvalue weighted by Gasteiger charge is -2.07. The Labute approximate surface area is 160 Å². The second-order valence-corrected chi connectivity index (χ2v) is 7.37. The molecule has 0 aliphatic rings. The zero-order valence-corrected chi connectivity index (χ0v) is 17.3. The van der Waals surface area contributed by atoms with E-state index in [1.165, 1.54) is 57.8 Å². The smallest absolute Gasteiger partial charge is 0.217 e. The van der Waals surface area contributed by atoms with Crippen molar-refractivity contribution in [2.24, 2.45) is 0 Å². The summed E-state index contributed by atoms with van der Waals surface area (Å²) in [7, 11) is -4.49. The molecule has 0 unspecified atom stereocenters. The third-order valence-electron chi connectivity index (χ3n) is 3.80. The Balaban J connectivity index is 0. The molecule has 0 heterocycles. The van der Waals surface area contributed by atoms with Crippen LogP contribution in [0.3, 0.4) is 0 Å². The standard InChI is InChI=1S/C14H30O4S.C4H11NO2/c1-2-3-4-5-6-7-8-9-10-11-12-13-14-18-19(15,16)17;6-3-1-5-2-4-7/h2-14H2,1H3,(H,15,16,17);5-7H,1-4H2/p-1. The predicted molar refractivity (Wildman–Crippen MR) is 104 cm³/mol. The van der Waals surface area contributed by atoms with Gasteiger partial charge in [0.2, 0.25) is 10.4 Å². The fraction of sp³-hybridized carbons (Fsp3) is 1.00. The largest absolute Gasteiger partial charge is 0.726 e. The number of rotatable bonds is 18.